The van der Waals surface area contributed by atoms with Gasteiger partial charge in [-0.05, 0) is 88.5 Å². The van der Waals surface area contributed by atoms with E-state index in [9.17, 15) is 24.6 Å². The molecule has 3 atom stereocenters. The minimum atomic E-state index is -0.618. The number of Topliss-reactive ketones (excluding diaryl/α,β-unsaturated/α-hetero) is 3. The first kappa shape index (κ1) is 48.6. The van der Waals surface area contributed by atoms with Crippen LogP contribution in [0, 0.1) is 40.9 Å². The van der Waals surface area contributed by atoms with Crippen molar-refractivity contribution in [2.24, 2.45) is 34.8 Å². The Morgan fingerprint density at radius 1 is 0.947 bits per heavy atom. The Balaban J connectivity index is 0.000000545. The van der Waals surface area contributed by atoms with E-state index in [0.717, 1.165) is 42.8 Å². The summed E-state index contributed by atoms with van der Waals surface area (Å²) in [5.74, 6) is 3.93. The third-order valence-corrected chi connectivity index (χ3v) is 11.3. The quantitative estimate of drug-likeness (QED) is 0.0667. The molecular formula is C46H63AsN2O7Os. The van der Waals surface area contributed by atoms with Crippen LogP contribution < -0.4 is 11.1 Å². The average Bonchev–Trinajstić information content (AvgIpc) is 3.70. The maximum atomic E-state index is 14.3. The number of phenolic OH excluding ortho intramolecular Hbond substituents is 1. The van der Waals surface area contributed by atoms with Crippen LogP contribution in [0.3, 0.4) is 0 Å². The standard InChI is InChI=1S/C36H37O7.C7H14As.C2H7N.CH5N.Os/c1-17(2)15-36(3,4)35(41)27-11-10-26(42-27)21-8-9-24(38)30-22(21)13-19-12-20-14-25(39)23(16-37)31-28(20)34(29(19)32(30)40)43-33(31)18-6-5-7-18;1-6(2)5-7(3,4)8;1-3-2;1-2;/h8-11,16,18-20,28,37-38H,5-7,12-15H2,1-4H3;5H2,1-4H3;3H,1-2H3;2H2,1H3;/q2*-1;;;+2/b23-16-;;;;. The zero-order chi connectivity index (χ0) is 41.9. The first-order valence-electron chi connectivity index (χ1n) is 19.9. The Hall–Kier alpha value is -2.76. The van der Waals surface area contributed by atoms with Crippen molar-refractivity contribution in [3.8, 4) is 17.1 Å². The van der Waals surface area contributed by atoms with Gasteiger partial charge in [0.25, 0.3) is 0 Å². The molecule has 0 bridgehead atoms. The largest absolute Gasteiger partial charge is 2.00 e. The molecule has 1 aromatic carbocycles. The summed E-state index contributed by atoms with van der Waals surface area (Å²) in [5, 5.41) is 23.8. The third kappa shape index (κ3) is 10.5. The van der Waals surface area contributed by atoms with Gasteiger partial charge in [-0.3, -0.25) is 14.4 Å². The van der Waals surface area contributed by atoms with E-state index in [1.54, 1.807) is 18.2 Å². The van der Waals surface area contributed by atoms with Gasteiger partial charge in [-0.1, -0.05) is 20.3 Å². The molecular weight excluding hydrogens is 958 g/mol. The molecule has 0 saturated heterocycles. The molecule has 2 fully saturated rings. The van der Waals surface area contributed by atoms with Crippen LogP contribution in [0.2, 0.25) is 4.20 Å². The number of rotatable bonds is 8. The van der Waals surface area contributed by atoms with E-state index in [4.69, 9.17) is 9.15 Å². The van der Waals surface area contributed by atoms with Crippen molar-refractivity contribution in [1.29, 1.82) is 0 Å². The van der Waals surface area contributed by atoms with Gasteiger partial charge in [0.15, 0.2) is 17.3 Å². The second kappa shape index (κ2) is 20.0. The van der Waals surface area contributed by atoms with E-state index in [2.05, 4.69) is 55.6 Å². The molecule has 0 spiro atoms. The van der Waals surface area contributed by atoms with Gasteiger partial charge in [-0.25, -0.2) is 0 Å². The second-order valence-electron chi connectivity index (χ2n) is 17.6. The molecule has 5 N–H and O–H groups in total. The number of ketones is 3. The number of aliphatic hydroxyl groups is 1. The molecule has 11 heteroatoms. The SMILES string of the molecule is CN.CNC.C[C-](C)CC(C)(C)C(=O)c1ccc(-c2ccc(O)c3c2CC2CC4CC(=O)/C(=C/O)C5=C(C6CCC6)OC(=C2C3=O)C54)o1.C[C-](C)CC(C)(C)[As].[Os+2]. The monoisotopic (exact) mass is 1020 g/mol. The Morgan fingerprint density at radius 2 is 1.56 bits per heavy atom. The van der Waals surface area contributed by atoms with Crippen LogP contribution in [0.25, 0.3) is 11.3 Å². The Bertz CT molecular complexity index is 1880. The molecule has 2 heterocycles. The van der Waals surface area contributed by atoms with E-state index in [0.29, 0.717) is 57.3 Å². The number of carbonyl (C=O) groups excluding carboxylic acids is 3. The predicted molar refractivity (Wildman–Crippen MR) is 223 cm³/mol. The van der Waals surface area contributed by atoms with Gasteiger partial charge in [0.2, 0.25) is 5.78 Å². The Kier molecular flexibility index (Phi) is 17.1. The van der Waals surface area contributed by atoms with Crippen LogP contribution in [0.5, 0.6) is 5.75 Å². The van der Waals surface area contributed by atoms with Crippen LogP contribution in [0.1, 0.15) is 127 Å². The van der Waals surface area contributed by atoms with Crippen molar-refractivity contribution < 1.29 is 53.5 Å². The Labute approximate surface area is 362 Å². The molecule has 57 heavy (non-hydrogen) atoms. The second-order valence-corrected chi connectivity index (χ2v) is 20.1. The summed E-state index contributed by atoms with van der Waals surface area (Å²) in [6.45, 7) is 16.7. The van der Waals surface area contributed by atoms with Gasteiger partial charge >= 0.3 is 80.9 Å². The van der Waals surface area contributed by atoms with E-state index in [-0.39, 0.29) is 84.3 Å². The van der Waals surface area contributed by atoms with Crippen LogP contribution in [0.4, 0.5) is 0 Å². The number of hydrogen-bond acceptors (Lipinski definition) is 9. The maximum Gasteiger partial charge on any atom is 2.00 e. The summed E-state index contributed by atoms with van der Waals surface area (Å²) in [7, 11) is 5.25. The summed E-state index contributed by atoms with van der Waals surface area (Å²) < 4.78 is 13.1. The number of hydrogen-bond donors (Lipinski definition) is 4. The van der Waals surface area contributed by atoms with Crippen molar-refractivity contribution in [1.82, 2.24) is 5.32 Å². The molecule has 5 aliphatic rings. The number of phenols is 1. The zero-order valence-electron chi connectivity index (χ0n) is 35.7. The number of carbonyl (C=O) groups is 3. The minimum absolute atomic E-state index is 0. The number of aliphatic hydroxyl groups excluding tert-OH is 1. The summed E-state index contributed by atoms with van der Waals surface area (Å²) >= 11 is 2.70. The summed E-state index contributed by atoms with van der Waals surface area (Å²) in [6.07, 6.45) is 7.15. The molecule has 9 nitrogen and oxygen atoms in total. The smallest absolute Gasteiger partial charge is 2.00 e. The van der Waals surface area contributed by atoms with Gasteiger partial charge in [0, 0.05) is 34.5 Å². The minimum Gasteiger partial charge on any atom is 2.00 e. The number of ether oxygens (including phenoxy) is 1. The number of furan rings is 1. The number of allylic oxidation sites excluding steroid dienone is 4. The van der Waals surface area contributed by atoms with Gasteiger partial charge in [0.1, 0.15) is 23.0 Å². The van der Waals surface area contributed by atoms with E-state index < -0.39 is 5.41 Å². The Morgan fingerprint density at radius 3 is 2.07 bits per heavy atom. The average molecular weight is 1020 g/mol. The number of benzene rings is 1. The van der Waals surface area contributed by atoms with Gasteiger partial charge in [-0.15, -0.1) is 0 Å². The molecule has 2 aromatic rings. The number of aromatic hydroxyl groups is 1. The zero-order valence-corrected chi connectivity index (χ0v) is 40.1. The van der Waals surface area contributed by atoms with Crippen LogP contribution >= 0.6 is 0 Å². The molecule has 7 rings (SSSR count). The third-order valence-electron chi connectivity index (χ3n) is 11.0. The van der Waals surface area contributed by atoms with Gasteiger partial charge in [-0.2, -0.15) is 20.3 Å². The van der Waals surface area contributed by atoms with Crippen molar-refractivity contribution in [2.45, 2.75) is 111 Å². The van der Waals surface area contributed by atoms with Gasteiger partial charge < -0.3 is 36.3 Å². The molecule has 2 radical (unpaired) electrons. The fourth-order valence-corrected chi connectivity index (χ4v) is 9.76. The first-order chi connectivity index (χ1) is 26.3. The van der Waals surface area contributed by atoms with E-state index in [1.807, 2.05) is 41.8 Å². The molecule has 2 saturated carbocycles. The van der Waals surface area contributed by atoms with E-state index >= 15 is 0 Å². The number of nitrogens with two attached hydrogens (primary N) is 1. The summed E-state index contributed by atoms with van der Waals surface area (Å²) in [6, 6.07) is 6.71. The molecule has 3 unspecified atom stereocenters. The molecule has 0 amide bonds. The van der Waals surface area contributed by atoms with Crippen molar-refractivity contribution in [2.75, 3.05) is 21.1 Å². The van der Waals surface area contributed by atoms with Crippen LogP contribution in [0.15, 0.2) is 63.2 Å². The number of nitrogens with one attached hydrogen (secondary N) is 1. The van der Waals surface area contributed by atoms with Crippen LogP contribution in [-0.4, -0.2) is 65.6 Å². The predicted octanol–water partition coefficient (Wildman–Crippen LogP) is 9.38. The molecule has 1 aromatic heterocycles. The summed E-state index contributed by atoms with van der Waals surface area (Å²) in [5.41, 5.74) is 7.13. The first-order valence-corrected chi connectivity index (χ1v) is 20.8. The fourth-order valence-electron chi connectivity index (χ4n) is 9.09. The normalized spacial score (nSPS) is 21.8. The van der Waals surface area contributed by atoms with Crippen molar-refractivity contribution >= 4 is 34.2 Å². The molecule has 312 valence electrons. The van der Waals surface area contributed by atoms with Crippen LogP contribution in [-0.2, 0) is 35.7 Å². The van der Waals surface area contributed by atoms with Crippen molar-refractivity contribution in [3.05, 3.63) is 87.5 Å². The fraction of sp³-hybridized carbons (Fsp3) is 0.543. The molecule has 4 aliphatic carbocycles. The number of fused-ring (bicyclic) bond motifs is 2. The maximum absolute atomic E-state index is 14.3. The summed E-state index contributed by atoms with van der Waals surface area (Å²) in [4.78, 5) is 40.8. The van der Waals surface area contributed by atoms with Crippen molar-refractivity contribution in [3.63, 3.8) is 0 Å². The topological polar surface area (TPSA) is 152 Å². The molecule has 1 aliphatic heterocycles. The van der Waals surface area contributed by atoms with E-state index in [1.165, 1.54) is 25.5 Å². The van der Waals surface area contributed by atoms with Gasteiger partial charge in [0.05, 0.1) is 23.3 Å².